The zero-order valence-electron chi connectivity index (χ0n) is 21.4. The van der Waals surface area contributed by atoms with E-state index >= 15 is 0 Å². The van der Waals surface area contributed by atoms with Crippen molar-refractivity contribution in [1.82, 2.24) is 20.1 Å². The summed E-state index contributed by atoms with van der Waals surface area (Å²) >= 11 is 1.43. The van der Waals surface area contributed by atoms with Gasteiger partial charge in [0.25, 0.3) is 5.19 Å². The average molecular weight is 542 g/mol. The van der Waals surface area contributed by atoms with E-state index in [0.717, 1.165) is 53.4 Å². The third-order valence-electron chi connectivity index (χ3n) is 6.83. The topological polar surface area (TPSA) is 111 Å². The van der Waals surface area contributed by atoms with Gasteiger partial charge in [-0.15, -0.1) is 0 Å². The molecule has 37 heavy (non-hydrogen) atoms. The molecule has 1 unspecified atom stereocenters. The van der Waals surface area contributed by atoms with Crippen LogP contribution < -0.4 is 9.64 Å². The zero-order chi connectivity index (χ0) is 26.2. The lowest BCUT2D eigenvalue weighted by molar-refractivity contribution is 0.131. The van der Waals surface area contributed by atoms with E-state index in [1.165, 1.54) is 11.3 Å². The van der Waals surface area contributed by atoms with Crippen molar-refractivity contribution in [2.75, 3.05) is 23.7 Å². The van der Waals surface area contributed by atoms with Gasteiger partial charge in [0, 0.05) is 24.6 Å². The SMILES string of the molecule is CCS(=O)(=O)c1ccc(-c2ccc3nc(OC(C)C4CCN(c5nc(C(C)C)no5)CC4)sc3n2)cc1. The number of piperidine rings is 1. The maximum Gasteiger partial charge on any atom is 0.324 e. The minimum Gasteiger partial charge on any atom is -0.467 e. The Morgan fingerprint density at radius 3 is 2.43 bits per heavy atom. The lowest BCUT2D eigenvalue weighted by atomic mass is 9.92. The Balaban J connectivity index is 1.22. The molecule has 1 saturated heterocycles. The van der Waals surface area contributed by atoms with E-state index in [-0.39, 0.29) is 17.8 Å². The smallest absolute Gasteiger partial charge is 0.324 e. The molecule has 1 aliphatic rings. The summed E-state index contributed by atoms with van der Waals surface area (Å²) in [5, 5.41) is 4.68. The van der Waals surface area contributed by atoms with Gasteiger partial charge in [0.05, 0.1) is 16.3 Å². The van der Waals surface area contributed by atoms with E-state index in [1.54, 1.807) is 31.2 Å². The number of aromatic nitrogens is 4. The highest BCUT2D eigenvalue weighted by atomic mass is 32.2. The maximum absolute atomic E-state index is 12.1. The van der Waals surface area contributed by atoms with Gasteiger partial charge in [-0.1, -0.05) is 49.4 Å². The standard InChI is InChI=1S/C26H31N5O4S2/c1-5-37(32,33)20-8-6-19(7-9-20)21-10-11-22-24(27-21)36-26(28-22)34-17(4)18-12-14-31(15-13-18)25-29-23(16(2)3)30-35-25/h6-11,16-18H,5,12-15H2,1-4H3. The second-order valence-electron chi connectivity index (χ2n) is 9.67. The number of sulfone groups is 1. The molecule has 1 aromatic carbocycles. The Kier molecular flexibility index (Phi) is 7.17. The van der Waals surface area contributed by atoms with E-state index in [2.05, 4.69) is 40.8 Å². The van der Waals surface area contributed by atoms with E-state index < -0.39 is 9.84 Å². The van der Waals surface area contributed by atoms with E-state index in [0.29, 0.717) is 22.0 Å². The van der Waals surface area contributed by atoms with Gasteiger partial charge in [0.15, 0.2) is 15.7 Å². The van der Waals surface area contributed by atoms with Crippen molar-refractivity contribution in [3.63, 3.8) is 0 Å². The number of fused-ring (bicyclic) bond motifs is 1. The molecule has 1 fully saturated rings. The highest BCUT2D eigenvalue weighted by Gasteiger charge is 2.28. The fraction of sp³-hybridized carbons (Fsp3) is 0.462. The summed E-state index contributed by atoms with van der Waals surface area (Å²) in [7, 11) is -3.23. The van der Waals surface area contributed by atoms with Gasteiger partial charge in [0.2, 0.25) is 0 Å². The number of hydrogen-bond donors (Lipinski definition) is 0. The van der Waals surface area contributed by atoms with Crippen molar-refractivity contribution in [2.24, 2.45) is 5.92 Å². The fourth-order valence-corrected chi connectivity index (χ4v) is 6.17. The van der Waals surface area contributed by atoms with Crippen molar-refractivity contribution in [3.05, 3.63) is 42.2 Å². The Hall–Kier alpha value is -3.05. The first-order valence-corrected chi connectivity index (χ1v) is 15.1. The molecule has 11 heteroatoms. The number of ether oxygens (including phenoxy) is 1. The number of anilines is 1. The molecule has 196 valence electrons. The van der Waals surface area contributed by atoms with Crippen molar-refractivity contribution in [3.8, 4) is 16.5 Å². The Morgan fingerprint density at radius 1 is 1.05 bits per heavy atom. The quantitative estimate of drug-likeness (QED) is 0.292. The second-order valence-corrected chi connectivity index (χ2v) is 12.9. The number of rotatable bonds is 8. The van der Waals surface area contributed by atoms with Crippen molar-refractivity contribution < 1.29 is 17.7 Å². The van der Waals surface area contributed by atoms with Gasteiger partial charge in [-0.3, -0.25) is 0 Å². The highest BCUT2D eigenvalue weighted by Crippen LogP contribution is 2.32. The van der Waals surface area contributed by atoms with Gasteiger partial charge >= 0.3 is 6.01 Å². The summed E-state index contributed by atoms with van der Waals surface area (Å²) in [6, 6.07) is 11.3. The van der Waals surface area contributed by atoms with E-state index in [1.807, 2.05) is 12.1 Å². The van der Waals surface area contributed by atoms with Crippen LogP contribution in [-0.4, -0.2) is 53.5 Å². The van der Waals surface area contributed by atoms with Gasteiger partial charge in [-0.2, -0.15) is 4.98 Å². The molecule has 0 radical (unpaired) electrons. The fourth-order valence-electron chi connectivity index (χ4n) is 4.41. The lowest BCUT2D eigenvalue weighted by Crippen LogP contribution is -2.38. The van der Waals surface area contributed by atoms with Crippen LogP contribution in [0.15, 0.2) is 45.8 Å². The Morgan fingerprint density at radius 2 is 1.78 bits per heavy atom. The summed E-state index contributed by atoms with van der Waals surface area (Å²) in [6.45, 7) is 9.54. The van der Waals surface area contributed by atoms with E-state index in [4.69, 9.17) is 14.2 Å². The van der Waals surface area contributed by atoms with Crippen LogP contribution in [0.3, 0.4) is 0 Å². The first-order chi connectivity index (χ1) is 17.7. The molecule has 0 N–H and O–H groups in total. The summed E-state index contributed by atoms with van der Waals surface area (Å²) in [5.41, 5.74) is 2.41. The van der Waals surface area contributed by atoms with Crippen molar-refractivity contribution >= 4 is 37.5 Å². The first-order valence-electron chi connectivity index (χ1n) is 12.6. The predicted octanol–water partition coefficient (Wildman–Crippen LogP) is 5.34. The molecule has 0 spiro atoms. The van der Waals surface area contributed by atoms with Crippen LogP contribution in [0.5, 0.6) is 5.19 Å². The molecular formula is C26H31N5O4S2. The van der Waals surface area contributed by atoms with E-state index in [9.17, 15) is 8.42 Å². The number of nitrogens with zero attached hydrogens (tertiary/aromatic N) is 5. The van der Waals surface area contributed by atoms with Crippen LogP contribution in [-0.2, 0) is 9.84 Å². The Bertz CT molecular complexity index is 1470. The summed E-state index contributed by atoms with van der Waals surface area (Å²) < 4.78 is 35.9. The molecule has 1 aliphatic heterocycles. The second kappa shape index (κ2) is 10.4. The third kappa shape index (κ3) is 5.47. The van der Waals surface area contributed by atoms with Gasteiger partial charge < -0.3 is 14.2 Å². The minimum absolute atomic E-state index is 0.0177. The third-order valence-corrected chi connectivity index (χ3v) is 9.44. The largest absolute Gasteiger partial charge is 0.467 e. The molecule has 5 rings (SSSR count). The average Bonchev–Trinajstić information content (AvgIpc) is 3.56. The monoisotopic (exact) mass is 541 g/mol. The van der Waals surface area contributed by atoms with Crippen LogP contribution in [0.1, 0.15) is 52.3 Å². The predicted molar refractivity (Wildman–Crippen MR) is 144 cm³/mol. The van der Waals surface area contributed by atoms with Crippen LogP contribution >= 0.6 is 11.3 Å². The Labute approximate surface area is 220 Å². The first kappa shape index (κ1) is 25.6. The zero-order valence-corrected chi connectivity index (χ0v) is 23.1. The molecule has 9 nitrogen and oxygen atoms in total. The van der Waals surface area contributed by atoms with Crippen LogP contribution in [0, 0.1) is 5.92 Å². The molecule has 0 amide bonds. The molecule has 3 aromatic heterocycles. The number of benzene rings is 1. The summed E-state index contributed by atoms with van der Waals surface area (Å²) in [6.07, 6.45) is 1.96. The summed E-state index contributed by atoms with van der Waals surface area (Å²) in [4.78, 5) is 17.2. The van der Waals surface area contributed by atoms with Crippen LogP contribution in [0.4, 0.5) is 6.01 Å². The molecule has 0 saturated carbocycles. The van der Waals surface area contributed by atoms with Crippen LogP contribution in [0.25, 0.3) is 21.6 Å². The maximum atomic E-state index is 12.1. The number of thiazole rings is 1. The highest BCUT2D eigenvalue weighted by molar-refractivity contribution is 7.91. The molecule has 0 bridgehead atoms. The van der Waals surface area contributed by atoms with Crippen molar-refractivity contribution in [1.29, 1.82) is 0 Å². The number of hydrogen-bond acceptors (Lipinski definition) is 10. The molecule has 4 heterocycles. The molecule has 1 atom stereocenters. The lowest BCUT2D eigenvalue weighted by Gasteiger charge is -2.33. The van der Waals surface area contributed by atoms with Gasteiger partial charge in [-0.25, -0.2) is 18.4 Å². The normalized spacial score (nSPS) is 16.0. The number of pyridine rings is 1. The van der Waals surface area contributed by atoms with Crippen molar-refractivity contribution in [2.45, 2.75) is 57.5 Å². The molecule has 4 aromatic rings. The van der Waals surface area contributed by atoms with Crippen LogP contribution in [0.2, 0.25) is 0 Å². The van der Waals surface area contributed by atoms with Gasteiger partial charge in [-0.05, 0) is 49.9 Å². The molecule has 0 aliphatic carbocycles. The minimum atomic E-state index is -3.23. The molecular weight excluding hydrogens is 510 g/mol. The van der Waals surface area contributed by atoms with Gasteiger partial charge in [0.1, 0.15) is 16.5 Å². The summed E-state index contributed by atoms with van der Waals surface area (Å²) in [5.74, 6) is 1.46.